The monoisotopic (exact) mass is 410 g/mol. The lowest BCUT2D eigenvalue weighted by Gasteiger charge is -2.28. The van der Waals surface area contributed by atoms with Crippen molar-refractivity contribution in [2.75, 3.05) is 27.2 Å². The van der Waals surface area contributed by atoms with Crippen molar-refractivity contribution in [2.24, 2.45) is 5.41 Å². The van der Waals surface area contributed by atoms with E-state index in [-0.39, 0.29) is 17.2 Å². The number of amides is 1. The highest BCUT2D eigenvalue weighted by Crippen LogP contribution is 2.24. The van der Waals surface area contributed by atoms with Gasteiger partial charge in [0.25, 0.3) is 11.9 Å². The summed E-state index contributed by atoms with van der Waals surface area (Å²) in [6.45, 7) is 9.75. The molecule has 0 aliphatic heterocycles. The molecule has 0 saturated carbocycles. The van der Waals surface area contributed by atoms with Crippen LogP contribution in [-0.2, 0) is 0 Å². The second-order valence-corrected chi connectivity index (χ2v) is 8.81. The first-order valence-corrected chi connectivity index (χ1v) is 10.1. The standard InChI is InChI=1S/C22H30N6O2/c1-15(2)19-16(20(29)24-13-22(3,4)14-27(5)6)12-25-28(19)21-23-10-9-17(26-21)18-8-7-11-30-18/h7-12,15H,13-14H2,1-6H3,(H,24,29). The van der Waals surface area contributed by atoms with Crippen molar-refractivity contribution in [1.29, 1.82) is 0 Å². The van der Waals surface area contributed by atoms with Crippen molar-refractivity contribution in [2.45, 2.75) is 33.6 Å². The number of nitrogens with one attached hydrogen (secondary N) is 1. The molecule has 160 valence electrons. The molecule has 0 atom stereocenters. The van der Waals surface area contributed by atoms with Gasteiger partial charge in [0.15, 0.2) is 5.76 Å². The van der Waals surface area contributed by atoms with Gasteiger partial charge < -0.3 is 14.6 Å². The number of hydrogen-bond acceptors (Lipinski definition) is 6. The fraction of sp³-hybridized carbons (Fsp3) is 0.455. The quantitative estimate of drug-likeness (QED) is 0.612. The van der Waals surface area contributed by atoms with E-state index in [9.17, 15) is 4.79 Å². The van der Waals surface area contributed by atoms with E-state index >= 15 is 0 Å². The molecule has 0 spiro atoms. The number of hydrogen-bond donors (Lipinski definition) is 1. The lowest BCUT2D eigenvalue weighted by Crippen LogP contribution is -2.40. The summed E-state index contributed by atoms with van der Waals surface area (Å²) in [5, 5.41) is 7.50. The van der Waals surface area contributed by atoms with Crippen molar-refractivity contribution < 1.29 is 9.21 Å². The number of nitrogens with zero attached hydrogens (tertiary/aromatic N) is 5. The number of carbonyl (C=O) groups is 1. The van der Waals surface area contributed by atoms with E-state index in [4.69, 9.17) is 4.42 Å². The van der Waals surface area contributed by atoms with Crippen LogP contribution >= 0.6 is 0 Å². The number of furan rings is 1. The summed E-state index contributed by atoms with van der Waals surface area (Å²) in [5.41, 5.74) is 1.92. The van der Waals surface area contributed by atoms with E-state index in [0.717, 1.165) is 12.2 Å². The lowest BCUT2D eigenvalue weighted by molar-refractivity contribution is 0.0928. The fourth-order valence-electron chi connectivity index (χ4n) is 3.59. The summed E-state index contributed by atoms with van der Waals surface area (Å²) in [5.74, 6) is 0.968. The molecule has 0 saturated heterocycles. The third-order valence-electron chi connectivity index (χ3n) is 4.68. The average molecular weight is 411 g/mol. The topological polar surface area (TPSA) is 89.1 Å². The van der Waals surface area contributed by atoms with Crippen LogP contribution in [0.1, 0.15) is 49.7 Å². The number of rotatable bonds is 8. The molecule has 8 nitrogen and oxygen atoms in total. The van der Waals surface area contributed by atoms with Gasteiger partial charge in [-0.2, -0.15) is 5.10 Å². The van der Waals surface area contributed by atoms with Crippen molar-refractivity contribution in [3.05, 3.63) is 48.1 Å². The molecule has 3 aromatic rings. The van der Waals surface area contributed by atoms with Crippen molar-refractivity contribution in [1.82, 2.24) is 30.0 Å². The largest absolute Gasteiger partial charge is 0.463 e. The van der Waals surface area contributed by atoms with Crippen LogP contribution in [0.25, 0.3) is 17.4 Å². The van der Waals surface area contributed by atoms with Crippen LogP contribution in [0.3, 0.4) is 0 Å². The Morgan fingerprint density at radius 1 is 1.30 bits per heavy atom. The predicted octanol–water partition coefficient (Wildman–Crippen LogP) is 3.36. The first-order valence-electron chi connectivity index (χ1n) is 10.1. The first-order chi connectivity index (χ1) is 14.2. The Bertz CT molecular complexity index is 989. The Morgan fingerprint density at radius 2 is 2.07 bits per heavy atom. The Hall–Kier alpha value is -3.00. The SMILES string of the molecule is CC(C)c1c(C(=O)NCC(C)(C)CN(C)C)cnn1-c1nccc(-c2ccco2)n1. The summed E-state index contributed by atoms with van der Waals surface area (Å²) in [7, 11) is 4.06. The van der Waals surface area contributed by atoms with E-state index in [1.165, 1.54) is 0 Å². The second-order valence-electron chi connectivity index (χ2n) is 8.81. The van der Waals surface area contributed by atoms with Gasteiger partial charge in [-0.25, -0.2) is 14.6 Å². The van der Waals surface area contributed by atoms with Gasteiger partial charge in [0.1, 0.15) is 5.69 Å². The van der Waals surface area contributed by atoms with Crippen molar-refractivity contribution in [3.8, 4) is 17.4 Å². The highest BCUT2D eigenvalue weighted by atomic mass is 16.3. The van der Waals surface area contributed by atoms with E-state index in [1.807, 2.05) is 40.1 Å². The molecule has 1 N–H and O–H groups in total. The molecule has 0 aliphatic rings. The van der Waals surface area contributed by atoms with Gasteiger partial charge in [-0.15, -0.1) is 0 Å². The van der Waals surface area contributed by atoms with Crippen LogP contribution in [0.15, 0.2) is 41.3 Å². The van der Waals surface area contributed by atoms with Gasteiger partial charge >= 0.3 is 0 Å². The molecule has 1 amide bonds. The second kappa shape index (κ2) is 8.79. The first kappa shape index (κ1) is 21.7. The van der Waals surface area contributed by atoms with E-state index < -0.39 is 0 Å². The van der Waals surface area contributed by atoms with Crippen LogP contribution < -0.4 is 5.32 Å². The zero-order valence-electron chi connectivity index (χ0n) is 18.5. The molecule has 0 fully saturated rings. The zero-order valence-corrected chi connectivity index (χ0v) is 18.5. The minimum absolute atomic E-state index is 0.0480. The maximum atomic E-state index is 13.0. The van der Waals surface area contributed by atoms with Gasteiger partial charge in [0.05, 0.1) is 23.7 Å². The number of aromatic nitrogens is 4. The molecule has 8 heteroatoms. The highest BCUT2D eigenvalue weighted by Gasteiger charge is 2.25. The molecule has 3 heterocycles. The summed E-state index contributed by atoms with van der Waals surface area (Å²) in [6, 6.07) is 5.43. The summed E-state index contributed by atoms with van der Waals surface area (Å²) in [4.78, 5) is 24.0. The summed E-state index contributed by atoms with van der Waals surface area (Å²) < 4.78 is 7.07. The van der Waals surface area contributed by atoms with Gasteiger partial charge in [-0.1, -0.05) is 27.7 Å². The van der Waals surface area contributed by atoms with Crippen molar-refractivity contribution >= 4 is 5.91 Å². The Morgan fingerprint density at radius 3 is 2.70 bits per heavy atom. The Labute approximate surface area is 177 Å². The van der Waals surface area contributed by atoms with Crippen LogP contribution in [0, 0.1) is 5.41 Å². The molecule has 0 aliphatic carbocycles. The summed E-state index contributed by atoms with van der Waals surface area (Å²) >= 11 is 0. The van der Waals surface area contributed by atoms with Crippen LogP contribution in [0.5, 0.6) is 0 Å². The van der Waals surface area contributed by atoms with Gasteiger partial charge in [0.2, 0.25) is 0 Å². The van der Waals surface area contributed by atoms with Crippen LogP contribution in [0.2, 0.25) is 0 Å². The molecule has 0 radical (unpaired) electrons. The lowest BCUT2D eigenvalue weighted by atomic mass is 9.92. The highest BCUT2D eigenvalue weighted by molar-refractivity contribution is 5.95. The maximum absolute atomic E-state index is 13.0. The van der Waals surface area contributed by atoms with Gasteiger partial charge in [-0.3, -0.25) is 4.79 Å². The predicted molar refractivity (Wildman–Crippen MR) is 116 cm³/mol. The molecular formula is C22H30N6O2. The van der Waals surface area contributed by atoms with E-state index in [0.29, 0.717) is 29.5 Å². The van der Waals surface area contributed by atoms with Gasteiger partial charge in [0, 0.05) is 19.3 Å². The van der Waals surface area contributed by atoms with Crippen LogP contribution in [0.4, 0.5) is 0 Å². The van der Waals surface area contributed by atoms with Gasteiger partial charge in [-0.05, 0) is 43.6 Å². The zero-order chi connectivity index (χ0) is 21.9. The molecular weight excluding hydrogens is 380 g/mol. The molecule has 0 aromatic carbocycles. The smallest absolute Gasteiger partial charge is 0.254 e. The summed E-state index contributed by atoms with van der Waals surface area (Å²) in [6.07, 6.45) is 4.85. The average Bonchev–Trinajstić information content (AvgIpc) is 3.35. The van der Waals surface area contributed by atoms with E-state index in [2.05, 4.69) is 39.1 Å². The molecule has 30 heavy (non-hydrogen) atoms. The molecule has 0 unspecified atom stereocenters. The normalized spacial score (nSPS) is 12.0. The molecule has 3 aromatic heterocycles. The van der Waals surface area contributed by atoms with Crippen LogP contribution in [-0.4, -0.2) is 57.7 Å². The minimum atomic E-state index is -0.140. The number of carbonyl (C=O) groups excluding carboxylic acids is 1. The van der Waals surface area contributed by atoms with Crippen molar-refractivity contribution in [3.63, 3.8) is 0 Å². The Kier molecular flexibility index (Phi) is 6.36. The third kappa shape index (κ3) is 4.94. The van der Waals surface area contributed by atoms with E-state index in [1.54, 1.807) is 29.4 Å². The fourth-order valence-corrected chi connectivity index (χ4v) is 3.59. The molecule has 3 rings (SSSR count). The molecule has 0 bridgehead atoms. The third-order valence-corrected chi connectivity index (χ3v) is 4.68. The Balaban J connectivity index is 1.87. The minimum Gasteiger partial charge on any atom is -0.463 e. The maximum Gasteiger partial charge on any atom is 0.254 e.